The standard InChI is InChI=1S/C11H22N2OS/c1-9(12)11-7-13(3-4-14-11)6-10-2-5-15-8-10/h9-11H,2-8,12H2,1H3. The van der Waals surface area contributed by atoms with Gasteiger partial charge < -0.3 is 10.5 Å². The van der Waals surface area contributed by atoms with Crippen molar-refractivity contribution in [2.75, 3.05) is 37.7 Å². The second-order valence-corrected chi connectivity index (χ2v) is 5.91. The summed E-state index contributed by atoms with van der Waals surface area (Å²) in [6, 6.07) is 0.158. The van der Waals surface area contributed by atoms with E-state index in [0.717, 1.165) is 25.6 Å². The fraction of sp³-hybridized carbons (Fsp3) is 1.00. The van der Waals surface area contributed by atoms with Crippen molar-refractivity contribution in [2.45, 2.75) is 25.5 Å². The van der Waals surface area contributed by atoms with Crippen LogP contribution in [0.1, 0.15) is 13.3 Å². The second kappa shape index (κ2) is 5.53. The maximum atomic E-state index is 5.88. The van der Waals surface area contributed by atoms with Crippen molar-refractivity contribution in [1.29, 1.82) is 0 Å². The van der Waals surface area contributed by atoms with E-state index >= 15 is 0 Å². The van der Waals surface area contributed by atoms with Gasteiger partial charge >= 0.3 is 0 Å². The molecule has 0 amide bonds. The minimum absolute atomic E-state index is 0.158. The highest BCUT2D eigenvalue weighted by atomic mass is 32.2. The highest BCUT2D eigenvalue weighted by Crippen LogP contribution is 2.24. The number of ether oxygens (including phenoxy) is 1. The number of hydrogen-bond acceptors (Lipinski definition) is 4. The highest BCUT2D eigenvalue weighted by Gasteiger charge is 2.26. The third-order valence-corrected chi connectivity index (χ3v) is 4.54. The first-order valence-corrected chi connectivity index (χ1v) is 7.08. The zero-order valence-corrected chi connectivity index (χ0v) is 10.3. The molecule has 2 aliphatic rings. The summed E-state index contributed by atoms with van der Waals surface area (Å²) in [5.74, 6) is 3.60. The van der Waals surface area contributed by atoms with E-state index in [4.69, 9.17) is 10.5 Å². The van der Waals surface area contributed by atoms with Crippen LogP contribution in [0.3, 0.4) is 0 Å². The van der Waals surface area contributed by atoms with Crippen molar-refractivity contribution in [3.8, 4) is 0 Å². The van der Waals surface area contributed by atoms with E-state index in [1.807, 2.05) is 6.92 Å². The first-order chi connectivity index (χ1) is 7.25. The van der Waals surface area contributed by atoms with E-state index < -0.39 is 0 Å². The molecule has 88 valence electrons. The van der Waals surface area contributed by atoms with Gasteiger partial charge in [-0.3, -0.25) is 4.90 Å². The summed E-state index contributed by atoms with van der Waals surface area (Å²) in [6.07, 6.45) is 1.64. The fourth-order valence-electron chi connectivity index (χ4n) is 2.31. The molecule has 0 radical (unpaired) electrons. The van der Waals surface area contributed by atoms with Gasteiger partial charge in [0, 0.05) is 25.7 Å². The summed E-state index contributed by atoms with van der Waals surface area (Å²) in [7, 11) is 0. The smallest absolute Gasteiger partial charge is 0.0850 e. The van der Waals surface area contributed by atoms with Gasteiger partial charge in [-0.05, 0) is 30.8 Å². The lowest BCUT2D eigenvalue weighted by atomic mass is 10.1. The number of nitrogens with two attached hydrogens (primary N) is 1. The van der Waals surface area contributed by atoms with E-state index in [0.29, 0.717) is 0 Å². The van der Waals surface area contributed by atoms with Crippen molar-refractivity contribution in [3.63, 3.8) is 0 Å². The van der Waals surface area contributed by atoms with E-state index in [2.05, 4.69) is 16.7 Å². The van der Waals surface area contributed by atoms with Crippen LogP contribution in [0, 0.1) is 5.92 Å². The summed E-state index contributed by atoms with van der Waals surface area (Å²) in [5, 5.41) is 0. The van der Waals surface area contributed by atoms with Crippen LogP contribution in [0.4, 0.5) is 0 Å². The molecule has 2 aliphatic heterocycles. The molecule has 0 aromatic carbocycles. The molecule has 3 unspecified atom stereocenters. The summed E-state index contributed by atoms with van der Waals surface area (Å²) in [6.45, 7) is 6.26. The van der Waals surface area contributed by atoms with E-state index in [-0.39, 0.29) is 12.1 Å². The topological polar surface area (TPSA) is 38.5 Å². The van der Waals surface area contributed by atoms with Gasteiger partial charge in [0.25, 0.3) is 0 Å². The molecule has 2 fully saturated rings. The van der Waals surface area contributed by atoms with Gasteiger partial charge in [0.05, 0.1) is 12.7 Å². The van der Waals surface area contributed by atoms with Gasteiger partial charge in [-0.2, -0.15) is 11.8 Å². The van der Waals surface area contributed by atoms with E-state index in [1.165, 1.54) is 24.5 Å². The lowest BCUT2D eigenvalue weighted by Gasteiger charge is -2.35. The normalized spacial score (nSPS) is 35.6. The Hall–Kier alpha value is 0.230. The number of nitrogens with zero attached hydrogens (tertiary/aromatic N) is 1. The first-order valence-electron chi connectivity index (χ1n) is 5.93. The van der Waals surface area contributed by atoms with Crippen molar-refractivity contribution in [3.05, 3.63) is 0 Å². The van der Waals surface area contributed by atoms with Crippen molar-refractivity contribution in [1.82, 2.24) is 4.90 Å². The Kier molecular flexibility index (Phi) is 4.31. The molecule has 3 atom stereocenters. The third kappa shape index (κ3) is 3.34. The van der Waals surface area contributed by atoms with Crippen LogP contribution < -0.4 is 5.73 Å². The van der Waals surface area contributed by atoms with Gasteiger partial charge in [0.15, 0.2) is 0 Å². The predicted octanol–water partition coefficient (Wildman–Crippen LogP) is 0.788. The molecule has 0 aliphatic carbocycles. The predicted molar refractivity (Wildman–Crippen MR) is 65.3 cm³/mol. The molecule has 0 aromatic heterocycles. The van der Waals surface area contributed by atoms with Crippen molar-refractivity contribution >= 4 is 11.8 Å². The molecule has 2 rings (SSSR count). The van der Waals surface area contributed by atoms with Crippen LogP contribution in [0.25, 0.3) is 0 Å². The Balaban J connectivity index is 1.76. The van der Waals surface area contributed by atoms with E-state index in [9.17, 15) is 0 Å². The Morgan fingerprint density at radius 1 is 1.60 bits per heavy atom. The zero-order valence-electron chi connectivity index (χ0n) is 9.52. The maximum absolute atomic E-state index is 5.88. The summed E-state index contributed by atoms with van der Waals surface area (Å²) >= 11 is 2.10. The van der Waals surface area contributed by atoms with Crippen LogP contribution in [-0.2, 0) is 4.74 Å². The Morgan fingerprint density at radius 2 is 2.47 bits per heavy atom. The fourth-order valence-corrected chi connectivity index (χ4v) is 3.58. The van der Waals surface area contributed by atoms with Crippen LogP contribution in [0.2, 0.25) is 0 Å². The molecule has 2 N–H and O–H groups in total. The first kappa shape index (κ1) is 11.7. The van der Waals surface area contributed by atoms with Gasteiger partial charge in [0.1, 0.15) is 0 Å². The Labute approximate surface area is 96.7 Å². The monoisotopic (exact) mass is 230 g/mol. The van der Waals surface area contributed by atoms with Crippen LogP contribution in [0.5, 0.6) is 0 Å². The van der Waals surface area contributed by atoms with Gasteiger partial charge in [-0.15, -0.1) is 0 Å². The summed E-state index contributed by atoms with van der Waals surface area (Å²) in [4.78, 5) is 2.54. The SMILES string of the molecule is CC(N)C1CN(CC2CCSC2)CCO1. The average Bonchev–Trinajstić information content (AvgIpc) is 2.71. The number of thioether (sulfide) groups is 1. The molecular formula is C11H22N2OS. The lowest BCUT2D eigenvalue weighted by Crippen LogP contribution is -2.50. The van der Waals surface area contributed by atoms with Crippen molar-refractivity contribution in [2.24, 2.45) is 11.7 Å². The average molecular weight is 230 g/mol. The minimum atomic E-state index is 0.158. The molecule has 15 heavy (non-hydrogen) atoms. The maximum Gasteiger partial charge on any atom is 0.0850 e. The third-order valence-electron chi connectivity index (χ3n) is 3.30. The Morgan fingerprint density at radius 3 is 3.13 bits per heavy atom. The summed E-state index contributed by atoms with van der Waals surface area (Å²) < 4.78 is 5.66. The van der Waals surface area contributed by atoms with Crippen LogP contribution >= 0.6 is 11.8 Å². The van der Waals surface area contributed by atoms with Gasteiger partial charge in [-0.1, -0.05) is 0 Å². The van der Waals surface area contributed by atoms with Gasteiger partial charge in [-0.25, -0.2) is 0 Å². The quantitative estimate of drug-likeness (QED) is 0.778. The molecule has 0 aromatic rings. The largest absolute Gasteiger partial charge is 0.374 e. The lowest BCUT2D eigenvalue weighted by molar-refractivity contribution is -0.0408. The van der Waals surface area contributed by atoms with Crippen molar-refractivity contribution < 1.29 is 4.74 Å². The Bertz CT molecular complexity index is 193. The molecule has 0 spiro atoms. The zero-order chi connectivity index (χ0) is 10.7. The van der Waals surface area contributed by atoms with Crippen LogP contribution in [-0.4, -0.2) is 54.8 Å². The van der Waals surface area contributed by atoms with Gasteiger partial charge in [0.2, 0.25) is 0 Å². The second-order valence-electron chi connectivity index (χ2n) is 4.76. The molecule has 4 heteroatoms. The minimum Gasteiger partial charge on any atom is -0.374 e. The number of morpholine rings is 1. The number of rotatable bonds is 3. The molecule has 2 heterocycles. The van der Waals surface area contributed by atoms with E-state index in [1.54, 1.807) is 0 Å². The van der Waals surface area contributed by atoms with Crippen LogP contribution in [0.15, 0.2) is 0 Å². The molecule has 2 saturated heterocycles. The molecule has 0 bridgehead atoms. The highest BCUT2D eigenvalue weighted by molar-refractivity contribution is 7.99. The molecular weight excluding hydrogens is 208 g/mol. The molecule has 0 saturated carbocycles. The number of hydrogen-bond donors (Lipinski definition) is 1. The molecule has 3 nitrogen and oxygen atoms in total. The summed E-state index contributed by atoms with van der Waals surface area (Å²) in [5.41, 5.74) is 5.88.